The summed E-state index contributed by atoms with van der Waals surface area (Å²) < 4.78 is 0. The van der Waals surface area contributed by atoms with Gasteiger partial charge in [-0.1, -0.05) is 170 Å². The second-order valence-electron chi connectivity index (χ2n) is 12.7. The summed E-state index contributed by atoms with van der Waals surface area (Å²) in [7, 11) is 0. The van der Waals surface area contributed by atoms with Crippen molar-refractivity contribution in [3.8, 4) is 11.1 Å². The quantitative estimate of drug-likeness (QED) is 0.146. The van der Waals surface area contributed by atoms with Gasteiger partial charge in [0.25, 0.3) is 0 Å². The molecule has 1 N–H and O–H groups in total. The molecule has 0 aliphatic rings. The van der Waals surface area contributed by atoms with E-state index in [0.717, 1.165) is 23.4 Å². The largest absolute Gasteiger partial charge is 0.356 e. The highest BCUT2D eigenvalue weighted by Gasteiger charge is 2.09. The van der Waals surface area contributed by atoms with Crippen LogP contribution in [0, 0.1) is 6.92 Å². The number of rotatable bonds is 10. The molecule has 0 fully saturated rings. The van der Waals surface area contributed by atoms with Gasteiger partial charge < -0.3 is 5.32 Å². The molecule has 0 amide bonds. The molecule has 0 saturated heterocycles. The number of hydrogen-bond donors (Lipinski definition) is 1. The molecule has 0 atom stereocenters. The average Bonchev–Trinajstić information content (AvgIpc) is 3.18. The minimum atomic E-state index is 1.05. The van der Waals surface area contributed by atoms with Crippen molar-refractivity contribution in [3.63, 3.8) is 0 Å². The van der Waals surface area contributed by atoms with Crippen LogP contribution in [0.4, 0.5) is 11.4 Å². The van der Waals surface area contributed by atoms with Crippen LogP contribution in [0.15, 0.2) is 182 Å². The van der Waals surface area contributed by atoms with E-state index in [9.17, 15) is 0 Å². The highest BCUT2D eigenvalue weighted by atomic mass is 14.9. The van der Waals surface area contributed by atoms with E-state index in [-0.39, 0.29) is 0 Å². The van der Waals surface area contributed by atoms with Crippen LogP contribution in [0.5, 0.6) is 0 Å². The van der Waals surface area contributed by atoms with Crippen LogP contribution in [0.25, 0.3) is 34.4 Å². The predicted octanol–water partition coefficient (Wildman–Crippen LogP) is 13.1. The van der Waals surface area contributed by atoms with Crippen LogP contribution in [0.3, 0.4) is 0 Å². The molecule has 242 valence electrons. The third-order valence-corrected chi connectivity index (χ3v) is 9.16. The van der Waals surface area contributed by atoms with E-state index in [0.29, 0.717) is 0 Å². The summed E-state index contributed by atoms with van der Waals surface area (Å²) in [6.07, 6.45) is 5.62. The Hall–Kier alpha value is -6.18. The second-order valence-corrected chi connectivity index (χ2v) is 12.7. The van der Waals surface area contributed by atoms with Gasteiger partial charge in [0.15, 0.2) is 0 Å². The first-order chi connectivity index (χ1) is 24.6. The van der Waals surface area contributed by atoms with Gasteiger partial charge in [-0.05, 0) is 111 Å². The maximum Gasteiger partial charge on any atom is 0.0384 e. The number of anilines is 2. The van der Waals surface area contributed by atoms with E-state index in [1.165, 1.54) is 61.2 Å². The maximum atomic E-state index is 3.53. The Bertz CT molecular complexity index is 2190. The van der Waals surface area contributed by atoms with Crippen LogP contribution in [-0.2, 0) is 6.42 Å². The van der Waals surface area contributed by atoms with Gasteiger partial charge >= 0.3 is 0 Å². The van der Waals surface area contributed by atoms with Crippen LogP contribution < -0.4 is 5.32 Å². The third kappa shape index (κ3) is 7.92. The summed E-state index contributed by atoms with van der Waals surface area (Å²) in [4.78, 5) is 0. The molecule has 7 aromatic carbocycles. The smallest absolute Gasteiger partial charge is 0.0384 e. The number of nitrogens with one attached hydrogen (secondary N) is 1. The topological polar surface area (TPSA) is 12.0 Å². The van der Waals surface area contributed by atoms with Gasteiger partial charge in [-0.25, -0.2) is 0 Å². The van der Waals surface area contributed by atoms with E-state index in [1.807, 2.05) is 0 Å². The molecular formula is C49H41N. The standard InChI is InChI=1S/C49H41N/c1-3-37-18-30-46(31-19-37)50-47-32-20-39(21-33-47)35-49(43-12-8-5-9-13-43)45-28-26-41(27-29-45)40-24-16-38(17-25-40)34-48(42-10-6-4-7-11-42)44-22-14-36(2)15-23-44/h4-35,50H,3H2,1-2H3. The summed E-state index contributed by atoms with van der Waals surface area (Å²) in [5.41, 5.74) is 16.7. The van der Waals surface area contributed by atoms with Crippen molar-refractivity contribution in [1.29, 1.82) is 0 Å². The molecule has 0 aliphatic heterocycles. The highest BCUT2D eigenvalue weighted by molar-refractivity contribution is 5.93. The van der Waals surface area contributed by atoms with E-state index in [2.05, 4.69) is 213 Å². The first kappa shape index (κ1) is 32.4. The van der Waals surface area contributed by atoms with Gasteiger partial charge in [0.1, 0.15) is 0 Å². The van der Waals surface area contributed by atoms with Crippen molar-refractivity contribution >= 4 is 34.7 Å². The molecule has 0 bridgehead atoms. The van der Waals surface area contributed by atoms with Crippen molar-refractivity contribution in [2.75, 3.05) is 5.32 Å². The lowest BCUT2D eigenvalue weighted by atomic mass is 9.93. The zero-order valence-corrected chi connectivity index (χ0v) is 28.7. The van der Waals surface area contributed by atoms with E-state index < -0.39 is 0 Å². The molecule has 7 rings (SSSR count). The number of benzene rings is 7. The molecule has 50 heavy (non-hydrogen) atoms. The molecule has 1 nitrogen and oxygen atoms in total. The van der Waals surface area contributed by atoms with E-state index in [4.69, 9.17) is 0 Å². The van der Waals surface area contributed by atoms with Crippen molar-refractivity contribution in [2.24, 2.45) is 0 Å². The molecule has 0 radical (unpaired) electrons. The first-order valence-corrected chi connectivity index (χ1v) is 17.4. The Morgan fingerprint density at radius 3 is 1.26 bits per heavy atom. The maximum absolute atomic E-state index is 3.53. The Morgan fingerprint density at radius 2 is 0.800 bits per heavy atom. The van der Waals surface area contributed by atoms with Crippen LogP contribution in [-0.4, -0.2) is 0 Å². The van der Waals surface area contributed by atoms with Crippen LogP contribution >= 0.6 is 0 Å². The van der Waals surface area contributed by atoms with Gasteiger partial charge in [-0.2, -0.15) is 0 Å². The fraction of sp³-hybridized carbons (Fsp3) is 0.0612. The van der Waals surface area contributed by atoms with Gasteiger partial charge in [-0.15, -0.1) is 0 Å². The van der Waals surface area contributed by atoms with Gasteiger partial charge in [0.05, 0.1) is 0 Å². The van der Waals surface area contributed by atoms with Gasteiger partial charge in [-0.3, -0.25) is 0 Å². The van der Waals surface area contributed by atoms with E-state index >= 15 is 0 Å². The number of aryl methyl sites for hydroxylation is 2. The fourth-order valence-electron chi connectivity index (χ4n) is 6.24. The second kappa shape index (κ2) is 15.4. The summed E-state index contributed by atoms with van der Waals surface area (Å²) >= 11 is 0. The summed E-state index contributed by atoms with van der Waals surface area (Å²) in [6, 6.07) is 65.2. The fourth-order valence-corrected chi connectivity index (χ4v) is 6.24. The lowest BCUT2D eigenvalue weighted by molar-refractivity contribution is 1.14. The lowest BCUT2D eigenvalue weighted by Crippen LogP contribution is -1.91. The molecule has 0 heterocycles. The predicted molar refractivity (Wildman–Crippen MR) is 215 cm³/mol. The SMILES string of the molecule is CCc1ccc(Nc2ccc(C=C(c3ccccc3)c3ccc(-c4ccc(C=C(c5ccccc5)c5ccc(C)cc5)cc4)cc3)cc2)cc1. The van der Waals surface area contributed by atoms with Crippen LogP contribution in [0.2, 0.25) is 0 Å². The first-order valence-electron chi connectivity index (χ1n) is 17.4. The average molecular weight is 644 g/mol. The zero-order chi connectivity index (χ0) is 34.1. The van der Waals surface area contributed by atoms with Gasteiger partial charge in [0, 0.05) is 11.4 Å². The molecule has 1 heteroatoms. The Morgan fingerprint density at radius 1 is 0.420 bits per heavy atom. The normalized spacial score (nSPS) is 11.7. The third-order valence-electron chi connectivity index (χ3n) is 9.16. The van der Waals surface area contributed by atoms with Gasteiger partial charge in [0.2, 0.25) is 0 Å². The monoisotopic (exact) mass is 643 g/mol. The number of hydrogen-bond acceptors (Lipinski definition) is 1. The minimum Gasteiger partial charge on any atom is -0.356 e. The molecule has 0 aromatic heterocycles. The Kier molecular flexibility index (Phi) is 9.95. The molecular weight excluding hydrogens is 603 g/mol. The summed E-state index contributed by atoms with van der Waals surface area (Å²) in [5.74, 6) is 0. The molecule has 0 unspecified atom stereocenters. The van der Waals surface area contributed by atoms with E-state index in [1.54, 1.807) is 0 Å². The lowest BCUT2D eigenvalue weighted by Gasteiger charge is -2.12. The Labute approximate surface area is 296 Å². The van der Waals surface area contributed by atoms with Crippen molar-refractivity contribution < 1.29 is 0 Å². The Balaban J connectivity index is 1.13. The minimum absolute atomic E-state index is 1.05. The highest BCUT2D eigenvalue weighted by Crippen LogP contribution is 2.31. The van der Waals surface area contributed by atoms with Crippen LogP contribution in [0.1, 0.15) is 51.4 Å². The molecule has 0 saturated carbocycles. The molecule has 7 aromatic rings. The summed E-state index contributed by atoms with van der Waals surface area (Å²) in [5, 5.41) is 3.53. The molecule has 0 aliphatic carbocycles. The molecule has 0 spiro atoms. The van der Waals surface area contributed by atoms with Crippen molar-refractivity contribution in [1.82, 2.24) is 0 Å². The van der Waals surface area contributed by atoms with Crippen molar-refractivity contribution in [3.05, 3.63) is 226 Å². The van der Waals surface area contributed by atoms with Crippen molar-refractivity contribution in [2.45, 2.75) is 20.3 Å². The summed E-state index contributed by atoms with van der Waals surface area (Å²) in [6.45, 7) is 4.31. The zero-order valence-electron chi connectivity index (χ0n) is 28.7.